The van der Waals surface area contributed by atoms with Crippen molar-refractivity contribution in [1.29, 1.82) is 0 Å². The molecule has 0 atom stereocenters. The van der Waals surface area contributed by atoms with E-state index in [-0.39, 0.29) is 29.5 Å². The second kappa shape index (κ2) is 7.94. The SMILES string of the molecule is Cc1ccc(S(=O)(=O)CCC(=O)NCc2cccc(C(N)=O)c2)cc1. The molecule has 0 heterocycles. The van der Waals surface area contributed by atoms with Gasteiger partial charge in [-0.05, 0) is 36.8 Å². The van der Waals surface area contributed by atoms with Crippen LogP contribution in [0, 0.1) is 6.92 Å². The monoisotopic (exact) mass is 360 g/mol. The minimum absolute atomic E-state index is 0.133. The molecule has 0 aromatic heterocycles. The predicted molar refractivity (Wildman–Crippen MR) is 94.7 cm³/mol. The van der Waals surface area contributed by atoms with Gasteiger partial charge in [-0.1, -0.05) is 29.8 Å². The summed E-state index contributed by atoms with van der Waals surface area (Å²) < 4.78 is 24.4. The topological polar surface area (TPSA) is 106 Å². The Balaban J connectivity index is 1.89. The van der Waals surface area contributed by atoms with E-state index in [9.17, 15) is 18.0 Å². The summed E-state index contributed by atoms with van der Waals surface area (Å²) in [5.41, 5.74) is 7.24. The number of rotatable bonds is 7. The third-order valence-electron chi connectivity index (χ3n) is 3.68. The van der Waals surface area contributed by atoms with Crippen LogP contribution in [-0.2, 0) is 21.2 Å². The molecule has 0 aliphatic heterocycles. The molecule has 2 amide bonds. The molecule has 25 heavy (non-hydrogen) atoms. The number of carbonyl (C=O) groups is 2. The van der Waals surface area contributed by atoms with E-state index in [1.807, 2.05) is 6.92 Å². The van der Waals surface area contributed by atoms with Crippen LogP contribution in [0.15, 0.2) is 53.4 Å². The summed E-state index contributed by atoms with van der Waals surface area (Å²) in [6, 6.07) is 13.1. The molecule has 3 N–H and O–H groups in total. The van der Waals surface area contributed by atoms with Crippen molar-refractivity contribution in [2.45, 2.75) is 24.8 Å². The highest BCUT2D eigenvalue weighted by Gasteiger charge is 2.16. The second-order valence-corrected chi connectivity index (χ2v) is 7.83. The van der Waals surface area contributed by atoms with Gasteiger partial charge in [0.05, 0.1) is 10.6 Å². The molecule has 0 unspecified atom stereocenters. The fourth-order valence-corrected chi connectivity index (χ4v) is 3.45. The van der Waals surface area contributed by atoms with E-state index in [4.69, 9.17) is 5.73 Å². The Morgan fingerprint density at radius 3 is 2.40 bits per heavy atom. The maximum Gasteiger partial charge on any atom is 0.248 e. The van der Waals surface area contributed by atoms with Gasteiger partial charge in [0, 0.05) is 18.5 Å². The average Bonchev–Trinajstić information content (AvgIpc) is 2.59. The molecule has 0 aliphatic carbocycles. The number of hydrogen-bond donors (Lipinski definition) is 2. The molecule has 0 saturated carbocycles. The van der Waals surface area contributed by atoms with Gasteiger partial charge in [-0.3, -0.25) is 9.59 Å². The lowest BCUT2D eigenvalue weighted by Crippen LogP contribution is -2.25. The van der Waals surface area contributed by atoms with Crippen molar-refractivity contribution in [3.8, 4) is 0 Å². The van der Waals surface area contributed by atoms with Gasteiger partial charge in [-0.15, -0.1) is 0 Å². The molecular weight excluding hydrogens is 340 g/mol. The van der Waals surface area contributed by atoms with Crippen LogP contribution in [0.2, 0.25) is 0 Å². The standard InChI is InChI=1S/C18H20N2O4S/c1-13-5-7-16(8-6-13)25(23,24)10-9-17(21)20-12-14-3-2-4-15(11-14)18(19)22/h2-8,11H,9-10,12H2,1H3,(H2,19,22)(H,20,21). The van der Waals surface area contributed by atoms with Gasteiger partial charge in [0.1, 0.15) is 0 Å². The summed E-state index contributed by atoms with van der Waals surface area (Å²) in [4.78, 5) is 23.2. The van der Waals surface area contributed by atoms with E-state index < -0.39 is 15.7 Å². The normalized spacial score (nSPS) is 11.1. The number of nitrogens with two attached hydrogens (primary N) is 1. The first-order valence-corrected chi connectivity index (χ1v) is 9.38. The number of nitrogens with one attached hydrogen (secondary N) is 1. The first kappa shape index (κ1) is 18.7. The van der Waals surface area contributed by atoms with Gasteiger partial charge in [0.2, 0.25) is 11.8 Å². The Morgan fingerprint density at radius 1 is 1.08 bits per heavy atom. The van der Waals surface area contributed by atoms with Crippen LogP contribution in [0.3, 0.4) is 0 Å². The fourth-order valence-electron chi connectivity index (χ4n) is 2.21. The van der Waals surface area contributed by atoms with Crippen LogP contribution < -0.4 is 11.1 Å². The van der Waals surface area contributed by atoms with Crippen molar-refractivity contribution in [1.82, 2.24) is 5.32 Å². The van der Waals surface area contributed by atoms with E-state index in [0.717, 1.165) is 5.56 Å². The van der Waals surface area contributed by atoms with Crippen LogP contribution >= 0.6 is 0 Å². The highest BCUT2D eigenvalue weighted by atomic mass is 32.2. The predicted octanol–water partition coefficient (Wildman–Crippen LogP) is 1.57. The number of primary amides is 1. The molecule has 6 nitrogen and oxygen atoms in total. The van der Waals surface area contributed by atoms with Crippen LogP contribution in [0.4, 0.5) is 0 Å². The summed E-state index contributed by atoms with van der Waals surface area (Å²) in [6.45, 7) is 2.07. The third kappa shape index (κ3) is 5.42. The maximum absolute atomic E-state index is 12.2. The Labute approximate surface area is 147 Å². The molecule has 0 spiro atoms. The summed E-state index contributed by atoms with van der Waals surface area (Å²) >= 11 is 0. The first-order valence-electron chi connectivity index (χ1n) is 7.73. The van der Waals surface area contributed by atoms with Crippen LogP contribution in [0.5, 0.6) is 0 Å². The number of aryl methyl sites for hydroxylation is 1. The molecule has 2 aromatic carbocycles. The van der Waals surface area contributed by atoms with E-state index in [0.29, 0.717) is 11.1 Å². The third-order valence-corrected chi connectivity index (χ3v) is 5.41. The van der Waals surface area contributed by atoms with Crippen LogP contribution in [0.1, 0.15) is 27.9 Å². The molecule has 0 radical (unpaired) electrons. The Bertz CT molecular complexity index is 874. The van der Waals surface area contributed by atoms with E-state index in [2.05, 4.69) is 5.32 Å². The number of amides is 2. The van der Waals surface area contributed by atoms with E-state index in [1.165, 1.54) is 12.1 Å². The lowest BCUT2D eigenvalue weighted by Gasteiger charge is -2.07. The smallest absolute Gasteiger partial charge is 0.248 e. The molecule has 0 fully saturated rings. The van der Waals surface area contributed by atoms with Crippen LogP contribution in [-0.4, -0.2) is 26.0 Å². The van der Waals surface area contributed by atoms with Crippen molar-refractivity contribution >= 4 is 21.7 Å². The zero-order valence-electron chi connectivity index (χ0n) is 13.9. The summed E-state index contributed by atoms with van der Waals surface area (Å²) in [7, 11) is -3.50. The molecule has 132 valence electrons. The molecule has 0 bridgehead atoms. The zero-order valence-corrected chi connectivity index (χ0v) is 14.7. The van der Waals surface area contributed by atoms with Gasteiger partial charge in [-0.25, -0.2) is 8.42 Å². The maximum atomic E-state index is 12.2. The lowest BCUT2D eigenvalue weighted by atomic mass is 10.1. The highest BCUT2D eigenvalue weighted by Crippen LogP contribution is 2.13. The van der Waals surface area contributed by atoms with E-state index in [1.54, 1.807) is 36.4 Å². The van der Waals surface area contributed by atoms with Crippen molar-refractivity contribution < 1.29 is 18.0 Å². The van der Waals surface area contributed by atoms with Gasteiger partial charge >= 0.3 is 0 Å². The molecule has 2 aromatic rings. The average molecular weight is 360 g/mol. The molecule has 0 aliphatic rings. The van der Waals surface area contributed by atoms with Crippen molar-refractivity contribution in [2.75, 3.05) is 5.75 Å². The molecule has 2 rings (SSSR count). The number of benzene rings is 2. The van der Waals surface area contributed by atoms with Gasteiger partial charge in [0.25, 0.3) is 0 Å². The Morgan fingerprint density at radius 2 is 1.76 bits per heavy atom. The highest BCUT2D eigenvalue weighted by molar-refractivity contribution is 7.91. The first-order chi connectivity index (χ1) is 11.8. The molecular formula is C18H20N2O4S. The van der Waals surface area contributed by atoms with Crippen molar-refractivity contribution in [2.24, 2.45) is 5.73 Å². The van der Waals surface area contributed by atoms with Crippen LogP contribution in [0.25, 0.3) is 0 Å². The minimum atomic E-state index is -3.50. The number of sulfone groups is 1. The summed E-state index contributed by atoms with van der Waals surface area (Å²) in [5, 5.41) is 2.64. The van der Waals surface area contributed by atoms with E-state index >= 15 is 0 Å². The van der Waals surface area contributed by atoms with Gasteiger partial charge < -0.3 is 11.1 Å². The van der Waals surface area contributed by atoms with Gasteiger partial charge in [-0.2, -0.15) is 0 Å². The Hall–Kier alpha value is -2.67. The Kier molecular flexibility index (Phi) is 5.93. The zero-order chi connectivity index (χ0) is 18.4. The number of carbonyl (C=O) groups excluding carboxylic acids is 2. The van der Waals surface area contributed by atoms with Gasteiger partial charge in [0.15, 0.2) is 9.84 Å². The largest absolute Gasteiger partial charge is 0.366 e. The lowest BCUT2D eigenvalue weighted by molar-refractivity contribution is -0.120. The summed E-state index contributed by atoms with van der Waals surface area (Å²) in [5.74, 6) is -1.18. The number of hydrogen-bond acceptors (Lipinski definition) is 4. The molecule has 0 saturated heterocycles. The minimum Gasteiger partial charge on any atom is -0.366 e. The summed E-state index contributed by atoms with van der Waals surface area (Å²) in [6.07, 6.45) is -0.133. The second-order valence-electron chi connectivity index (χ2n) is 5.72. The van der Waals surface area contributed by atoms with Crippen molar-refractivity contribution in [3.63, 3.8) is 0 Å². The molecule has 7 heteroatoms. The van der Waals surface area contributed by atoms with Crippen molar-refractivity contribution in [3.05, 3.63) is 65.2 Å². The fraction of sp³-hybridized carbons (Fsp3) is 0.222. The quantitative estimate of drug-likeness (QED) is 0.781.